The number of amidine groups is 1. The van der Waals surface area contributed by atoms with Crippen LogP contribution in [0.2, 0.25) is 0 Å². The highest BCUT2D eigenvalue weighted by molar-refractivity contribution is 6.08. The summed E-state index contributed by atoms with van der Waals surface area (Å²) >= 11 is 0. The second-order valence-electron chi connectivity index (χ2n) is 7.40. The van der Waals surface area contributed by atoms with Crippen molar-refractivity contribution in [2.24, 2.45) is 10.2 Å². The van der Waals surface area contributed by atoms with E-state index in [0.29, 0.717) is 0 Å². The van der Waals surface area contributed by atoms with Crippen LogP contribution in [0.5, 0.6) is 0 Å². The van der Waals surface area contributed by atoms with Gasteiger partial charge in [0.1, 0.15) is 5.66 Å². The first-order valence-corrected chi connectivity index (χ1v) is 9.68. The van der Waals surface area contributed by atoms with Crippen LogP contribution in [-0.4, -0.2) is 22.7 Å². The number of rotatable bonds is 0. The van der Waals surface area contributed by atoms with Crippen molar-refractivity contribution in [2.75, 3.05) is 0 Å². The largest absolute Gasteiger partial charge is 0.281 e. The van der Waals surface area contributed by atoms with Gasteiger partial charge in [-0.25, -0.2) is 5.01 Å². The van der Waals surface area contributed by atoms with Gasteiger partial charge in [-0.1, -0.05) is 69.2 Å². The Bertz CT molecular complexity index is 622. The topological polar surface area (TPSA) is 40.0 Å². The van der Waals surface area contributed by atoms with E-state index >= 15 is 0 Å². The summed E-state index contributed by atoms with van der Waals surface area (Å²) in [5, 5.41) is 11.7. The van der Waals surface area contributed by atoms with Crippen LogP contribution in [-0.2, 0) is 0 Å². The molecule has 4 rings (SSSR count). The first-order chi connectivity index (χ1) is 11.9. The molecule has 0 atom stereocenters. The highest BCUT2D eigenvalue weighted by Gasteiger charge is 2.44. The SMILES string of the molecule is C1=NN2C(=NNC23CCCCCCCCCCC3)c2ccccc21. The van der Waals surface area contributed by atoms with Crippen molar-refractivity contribution in [1.29, 1.82) is 0 Å². The molecule has 4 nitrogen and oxygen atoms in total. The van der Waals surface area contributed by atoms with E-state index in [9.17, 15) is 0 Å². The second-order valence-corrected chi connectivity index (χ2v) is 7.40. The zero-order valence-electron chi connectivity index (χ0n) is 14.5. The fourth-order valence-corrected chi connectivity index (χ4v) is 4.25. The number of nitrogens with zero attached hydrogens (tertiary/aromatic N) is 3. The lowest BCUT2D eigenvalue weighted by Gasteiger charge is -2.38. The van der Waals surface area contributed by atoms with E-state index < -0.39 is 0 Å². The molecule has 0 bridgehead atoms. The number of fused-ring (bicyclic) bond motifs is 4. The lowest BCUT2D eigenvalue weighted by Crippen LogP contribution is -2.52. The normalized spacial score (nSPS) is 23.5. The lowest BCUT2D eigenvalue weighted by molar-refractivity contribution is 0.124. The zero-order chi connectivity index (χ0) is 16.2. The molecule has 0 radical (unpaired) electrons. The molecule has 1 aromatic rings. The smallest absolute Gasteiger partial charge is 0.178 e. The number of benzene rings is 1. The average molecular weight is 324 g/mol. The van der Waals surface area contributed by atoms with Gasteiger partial charge in [-0.05, 0) is 25.7 Å². The van der Waals surface area contributed by atoms with E-state index in [1.807, 2.05) is 6.21 Å². The standard InChI is InChI=1S/C20H28N4/c1-2-4-6-10-14-20(15-11-7-5-3-1)23-22-19-18-13-9-8-12-17(18)16-21-24(19)20/h8-9,12-13,16,23H,1-7,10-11,14-15H2. The fourth-order valence-electron chi connectivity index (χ4n) is 4.25. The quantitative estimate of drug-likeness (QED) is 0.757. The summed E-state index contributed by atoms with van der Waals surface area (Å²) in [6.07, 6.45) is 16.4. The van der Waals surface area contributed by atoms with Gasteiger partial charge < -0.3 is 0 Å². The molecule has 1 aliphatic carbocycles. The maximum atomic E-state index is 4.79. The van der Waals surface area contributed by atoms with Crippen molar-refractivity contribution in [2.45, 2.75) is 76.3 Å². The minimum Gasteiger partial charge on any atom is -0.281 e. The van der Waals surface area contributed by atoms with Gasteiger partial charge in [0.25, 0.3) is 0 Å². The second kappa shape index (κ2) is 6.96. The van der Waals surface area contributed by atoms with E-state index in [4.69, 9.17) is 10.2 Å². The number of hydrogen-bond acceptors (Lipinski definition) is 4. The van der Waals surface area contributed by atoms with Crippen LogP contribution >= 0.6 is 0 Å². The zero-order valence-corrected chi connectivity index (χ0v) is 14.5. The van der Waals surface area contributed by atoms with Crippen LogP contribution in [0.15, 0.2) is 34.5 Å². The molecule has 3 aliphatic rings. The minimum atomic E-state index is -0.113. The van der Waals surface area contributed by atoms with Gasteiger partial charge in [0.2, 0.25) is 0 Å². The summed E-state index contributed by atoms with van der Waals surface area (Å²) in [6.45, 7) is 0. The Hall–Kier alpha value is -1.84. The van der Waals surface area contributed by atoms with E-state index in [1.54, 1.807) is 0 Å². The number of hydrazone groups is 2. The van der Waals surface area contributed by atoms with Gasteiger partial charge in [0.15, 0.2) is 5.84 Å². The molecule has 1 saturated carbocycles. The van der Waals surface area contributed by atoms with Gasteiger partial charge in [-0.2, -0.15) is 10.2 Å². The molecular weight excluding hydrogens is 296 g/mol. The molecule has 1 fully saturated rings. The van der Waals surface area contributed by atoms with Gasteiger partial charge in [-0.15, -0.1) is 0 Å². The van der Waals surface area contributed by atoms with Crippen LogP contribution in [0.1, 0.15) is 81.8 Å². The van der Waals surface area contributed by atoms with E-state index in [0.717, 1.165) is 18.7 Å². The Labute approximate surface area is 145 Å². The average Bonchev–Trinajstić information content (AvgIpc) is 2.98. The molecule has 0 saturated heterocycles. The van der Waals surface area contributed by atoms with Crippen molar-refractivity contribution in [3.05, 3.63) is 35.4 Å². The Balaban J connectivity index is 1.56. The van der Waals surface area contributed by atoms with Gasteiger partial charge >= 0.3 is 0 Å². The minimum absolute atomic E-state index is 0.113. The Morgan fingerprint density at radius 1 is 0.833 bits per heavy atom. The summed E-state index contributed by atoms with van der Waals surface area (Å²) in [7, 11) is 0. The molecule has 0 amide bonds. The predicted molar refractivity (Wildman–Crippen MR) is 99.1 cm³/mol. The first kappa shape index (κ1) is 15.7. The van der Waals surface area contributed by atoms with Crippen molar-refractivity contribution >= 4 is 12.1 Å². The number of hydrogen-bond donors (Lipinski definition) is 1. The highest BCUT2D eigenvalue weighted by Crippen LogP contribution is 2.35. The van der Waals surface area contributed by atoms with Crippen LogP contribution in [0.3, 0.4) is 0 Å². The molecule has 2 heterocycles. The Kier molecular flexibility index (Phi) is 4.54. The molecule has 128 valence electrons. The maximum absolute atomic E-state index is 4.79. The Morgan fingerprint density at radius 3 is 2.17 bits per heavy atom. The molecule has 1 N–H and O–H groups in total. The molecule has 0 unspecified atom stereocenters. The molecule has 4 heteroatoms. The Morgan fingerprint density at radius 2 is 1.46 bits per heavy atom. The van der Waals surface area contributed by atoms with Crippen molar-refractivity contribution in [3.8, 4) is 0 Å². The molecule has 1 spiro atoms. The van der Waals surface area contributed by atoms with Gasteiger partial charge in [-0.3, -0.25) is 5.43 Å². The van der Waals surface area contributed by atoms with Crippen LogP contribution < -0.4 is 5.43 Å². The molecule has 0 aromatic heterocycles. The van der Waals surface area contributed by atoms with Crippen molar-refractivity contribution in [3.63, 3.8) is 0 Å². The fraction of sp³-hybridized carbons (Fsp3) is 0.600. The van der Waals surface area contributed by atoms with Crippen LogP contribution in [0.4, 0.5) is 0 Å². The van der Waals surface area contributed by atoms with E-state index in [-0.39, 0.29) is 5.66 Å². The summed E-state index contributed by atoms with van der Waals surface area (Å²) < 4.78 is 0. The maximum Gasteiger partial charge on any atom is 0.178 e. The molecule has 24 heavy (non-hydrogen) atoms. The molecule has 1 aromatic carbocycles. The summed E-state index contributed by atoms with van der Waals surface area (Å²) in [5.74, 6) is 1.00. The summed E-state index contributed by atoms with van der Waals surface area (Å²) in [6, 6.07) is 8.42. The predicted octanol–water partition coefficient (Wildman–Crippen LogP) is 4.60. The first-order valence-electron chi connectivity index (χ1n) is 9.68. The van der Waals surface area contributed by atoms with Crippen LogP contribution in [0, 0.1) is 0 Å². The number of nitrogens with one attached hydrogen (secondary N) is 1. The molecule has 2 aliphatic heterocycles. The summed E-state index contributed by atoms with van der Waals surface area (Å²) in [4.78, 5) is 0. The van der Waals surface area contributed by atoms with Crippen LogP contribution in [0.25, 0.3) is 0 Å². The van der Waals surface area contributed by atoms with E-state index in [2.05, 4.69) is 34.7 Å². The van der Waals surface area contributed by atoms with Crippen molar-refractivity contribution < 1.29 is 0 Å². The van der Waals surface area contributed by atoms with E-state index in [1.165, 1.54) is 68.9 Å². The summed E-state index contributed by atoms with van der Waals surface area (Å²) in [5.41, 5.74) is 5.76. The third kappa shape index (κ3) is 2.94. The highest BCUT2D eigenvalue weighted by atomic mass is 15.7. The third-order valence-corrected chi connectivity index (χ3v) is 5.67. The lowest BCUT2D eigenvalue weighted by atomic mass is 9.92. The molecular formula is C20H28N4. The third-order valence-electron chi connectivity index (χ3n) is 5.67. The van der Waals surface area contributed by atoms with Crippen molar-refractivity contribution in [1.82, 2.24) is 10.4 Å². The van der Waals surface area contributed by atoms with Gasteiger partial charge in [0.05, 0.1) is 6.21 Å². The monoisotopic (exact) mass is 324 g/mol. The van der Waals surface area contributed by atoms with Gasteiger partial charge in [0, 0.05) is 11.1 Å².